The minimum atomic E-state index is -0.845. The molecule has 0 aliphatic heterocycles. The maximum Gasteiger partial charge on any atom is 0.360 e. The highest BCUT2D eigenvalue weighted by molar-refractivity contribution is 6.31. The van der Waals surface area contributed by atoms with Gasteiger partial charge in [-0.1, -0.05) is 11.6 Å². The highest BCUT2D eigenvalue weighted by Gasteiger charge is 2.05. The van der Waals surface area contributed by atoms with E-state index in [4.69, 9.17) is 35.2 Å². The van der Waals surface area contributed by atoms with Gasteiger partial charge < -0.3 is 0 Å². The van der Waals surface area contributed by atoms with Crippen molar-refractivity contribution in [2.75, 3.05) is 0 Å². The first-order valence-corrected chi connectivity index (χ1v) is 3.46. The maximum absolute atomic E-state index is 10.8. The second kappa shape index (κ2) is 2.89. The molecule has 1 aromatic heterocycles. The zero-order valence-electron chi connectivity index (χ0n) is 4.92. The molecule has 0 amide bonds. The summed E-state index contributed by atoms with van der Waals surface area (Å²) in [4.78, 5) is 21.5. The van der Waals surface area contributed by atoms with E-state index >= 15 is 0 Å². The fraction of sp³-hybridized carbons (Fsp3) is 0. The lowest BCUT2D eigenvalue weighted by atomic mass is 10.7. The van der Waals surface area contributed by atoms with Crippen LogP contribution in [-0.4, -0.2) is 8.17 Å². The van der Waals surface area contributed by atoms with E-state index in [0.717, 1.165) is 6.20 Å². The van der Waals surface area contributed by atoms with Gasteiger partial charge in [-0.15, -0.1) is 0 Å². The molecule has 1 heterocycles. The van der Waals surface area contributed by atoms with E-state index in [1.165, 1.54) is 0 Å². The first kappa shape index (κ1) is 8.64. The molecule has 7 heteroatoms. The van der Waals surface area contributed by atoms with Gasteiger partial charge in [-0.05, 0) is 0 Å². The second-order valence-corrected chi connectivity index (χ2v) is 2.77. The standard InChI is InChI=1S/C4HCl3N2O2/c5-2-1-8(6)4(11)9(7)3(2)10/h1H. The molecule has 4 nitrogen and oxygen atoms in total. The summed E-state index contributed by atoms with van der Waals surface area (Å²) in [5.74, 6) is 0. The SMILES string of the molecule is O=c1c(Cl)cn(Cl)c(=O)n1Cl. The third-order valence-electron chi connectivity index (χ3n) is 0.960. The molecule has 0 saturated carbocycles. The van der Waals surface area contributed by atoms with Crippen LogP contribution in [0.1, 0.15) is 0 Å². The van der Waals surface area contributed by atoms with Crippen molar-refractivity contribution in [2.45, 2.75) is 0 Å². The van der Waals surface area contributed by atoms with Gasteiger partial charge in [-0.2, -0.15) is 4.09 Å². The molecule has 0 N–H and O–H groups in total. The van der Waals surface area contributed by atoms with E-state index < -0.39 is 11.2 Å². The van der Waals surface area contributed by atoms with Gasteiger partial charge in [0.1, 0.15) is 5.02 Å². The summed E-state index contributed by atoms with van der Waals surface area (Å²) < 4.78 is 0.895. The first-order chi connectivity index (χ1) is 5.04. The monoisotopic (exact) mass is 214 g/mol. The predicted molar refractivity (Wildman–Crippen MR) is 42.5 cm³/mol. The quantitative estimate of drug-likeness (QED) is 0.638. The van der Waals surface area contributed by atoms with Crippen molar-refractivity contribution in [3.8, 4) is 0 Å². The Morgan fingerprint density at radius 2 is 1.82 bits per heavy atom. The van der Waals surface area contributed by atoms with Crippen LogP contribution in [0.3, 0.4) is 0 Å². The molecular weight excluding hydrogens is 214 g/mol. The van der Waals surface area contributed by atoms with Gasteiger partial charge in [-0.25, -0.2) is 8.88 Å². The summed E-state index contributed by atoms with van der Waals surface area (Å²) in [6.45, 7) is 0. The van der Waals surface area contributed by atoms with Crippen LogP contribution in [0.4, 0.5) is 0 Å². The molecule has 0 fully saturated rings. The molecule has 0 spiro atoms. The van der Waals surface area contributed by atoms with E-state index in [1.54, 1.807) is 0 Å². The highest BCUT2D eigenvalue weighted by atomic mass is 35.5. The van der Waals surface area contributed by atoms with Crippen molar-refractivity contribution in [3.63, 3.8) is 0 Å². The van der Waals surface area contributed by atoms with Crippen LogP contribution in [0.15, 0.2) is 15.8 Å². The van der Waals surface area contributed by atoms with Crippen LogP contribution in [0.25, 0.3) is 0 Å². The second-order valence-electron chi connectivity index (χ2n) is 1.66. The van der Waals surface area contributed by atoms with Crippen LogP contribution in [0.5, 0.6) is 0 Å². The number of hydrogen-bond donors (Lipinski definition) is 0. The summed E-state index contributed by atoms with van der Waals surface area (Å²) >= 11 is 15.8. The Labute approximate surface area is 75.7 Å². The molecule has 60 valence electrons. The van der Waals surface area contributed by atoms with Crippen LogP contribution in [-0.2, 0) is 0 Å². The van der Waals surface area contributed by atoms with Crippen molar-refractivity contribution >= 4 is 35.2 Å². The van der Waals surface area contributed by atoms with Gasteiger partial charge >= 0.3 is 5.69 Å². The molecule has 0 aliphatic rings. The summed E-state index contributed by atoms with van der Waals surface area (Å²) in [5.41, 5.74) is -1.63. The van der Waals surface area contributed by atoms with Crippen LogP contribution >= 0.6 is 35.2 Å². The molecule has 11 heavy (non-hydrogen) atoms. The molecule has 1 rings (SSSR count). The topological polar surface area (TPSA) is 44.0 Å². The van der Waals surface area contributed by atoms with E-state index in [9.17, 15) is 9.59 Å². The molecule has 0 aliphatic carbocycles. The third kappa shape index (κ3) is 1.42. The van der Waals surface area contributed by atoms with Crippen LogP contribution < -0.4 is 11.2 Å². The average Bonchev–Trinajstić information content (AvgIpc) is 1.97. The maximum atomic E-state index is 10.8. The van der Waals surface area contributed by atoms with Gasteiger partial charge in [0.15, 0.2) is 0 Å². The summed E-state index contributed by atoms with van der Waals surface area (Å²) in [7, 11) is 0. The van der Waals surface area contributed by atoms with E-state index in [-0.39, 0.29) is 5.02 Å². The largest absolute Gasteiger partial charge is 0.360 e. The Hall–Kier alpha value is -0.450. The van der Waals surface area contributed by atoms with E-state index in [1.807, 2.05) is 0 Å². The number of nitrogens with zero attached hydrogens (tertiary/aromatic N) is 2. The minimum Gasteiger partial charge on any atom is -0.266 e. The van der Waals surface area contributed by atoms with Gasteiger partial charge in [0, 0.05) is 23.6 Å². The molecular formula is C4HCl3N2O2. The summed E-state index contributed by atoms with van der Waals surface area (Å²) in [6.07, 6.45) is 0.979. The Morgan fingerprint density at radius 1 is 1.27 bits per heavy atom. The minimum absolute atomic E-state index is 0.213. The van der Waals surface area contributed by atoms with Gasteiger partial charge in [-0.3, -0.25) is 4.79 Å². The lowest BCUT2D eigenvalue weighted by Gasteiger charge is -1.95. The fourth-order valence-electron chi connectivity index (χ4n) is 0.474. The van der Waals surface area contributed by atoms with Crippen molar-refractivity contribution in [2.24, 2.45) is 0 Å². The molecule has 0 radical (unpaired) electrons. The zero-order valence-corrected chi connectivity index (χ0v) is 7.19. The number of aromatic nitrogens is 2. The number of halogens is 3. The lowest BCUT2D eigenvalue weighted by Crippen LogP contribution is -2.32. The van der Waals surface area contributed by atoms with Gasteiger partial charge in [0.2, 0.25) is 0 Å². The van der Waals surface area contributed by atoms with Gasteiger partial charge in [0.05, 0.1) is 6.20 Å². The normalized spacial score (nSPS) is 10.1. The Kier molecular flexibility index (Phi) is 2.27. The number of rotatable bonds is 0. The van der Waals surface area contributed by atoms with Crippen molar-refractivity contribution in [3.05, 3.63) is 32.1 Å². The third-order valence-corrected chi connectivity index (χ3v) is 1.76. The highest BCUT2D eigenvalue weighted by Crippen LogP contribution is 1.98. The lowest BCUT2D eigenvalue weighted by molar-refractivity contribution is 0.922. The molecule has 0 saturated heterocycles. The van der Waals surface area contributed by atoms with Crippen molar-refractivity contribution in [1.82, 2.24) is 8.17 Å². The Balaban J connectivity index is 3.74. The molecule has 0 atom stereocenters. The predicted octanol–water partition coefficient (Wildman–Crippen LogP) is 0.667. The van der Waals surface area contributed by atoms with Crippen molar-refractivity contribution in [1.29, 1.82) is 0 Å². The molecule has 1 aromatic rings. The summed E-state index contributed by atoms with van der Waals surface area (Å²) in [6, 6.07) is 0. The van der Waals surface area contributed by atoms with Crippen molar-refractivity contribution < 1.29 is 0 Å². The molecule has 0 bridgehead atoms. The Morgan fingerprint density at radius 3 is 2.36 bits per heavy atom. The molecule has 0 unspecified atom stereocenters. The summed E-state index contributed by atoms with van der Waals surface area (Å²) in [5, 5.41) is -0.213. The smallest absolute Gasteiger partial charge is 0.266 e. The van der Waals surface area contributed by atoms with Crippen LogP contribution in [0.2, 0.25) is 5.02 Å². The fourth-order valence-corrected chi connectivity index (χ4v) is 1.13. The average molecular weight is 215 g/mol. The number of hydrogen-bond acceptors (Lipinski definition) is 2. The van der Waals surface area contributed by atoms with Gasteiger partial charge in [0.25, 0.3) is 5.56 Å². The van der Waals surface area contributed by atoms with Crippen LogP contribution in [0, 0.1) is 0 Å². The van der Waals surface area contributed by atoms with E-state index in [2.05, 4.69) is 0 Å². The Bertz CT molecular complexity index is 359. The molecule has 0 aromatic carbocycles. The van der Waals surface area contributed by atoms with E-state index in [0.29, 0.717) is 8.17 Å². The first-order valence-electron chi connectivity index (χ1n) is 2.40. The zero-order chi connectivity index (χ0) is 8.59.